The van der Waals surface area contributed by atoms with Gasteiger partial charge >= 0.3 is 0 Å². The van der Waals surface area contributed by atoms with Crippen LogP contribution in [0.5, 0.6) is 0 Å². The van der Waals surface area contributed by atoms with Gasteiger partial charge in [0.05, 0.1) is 5.39 Å². The van der Waals surface area contributed by atoms with E-state index >= 15 is 0 Å². The number of benzene rings is 2. The van der Waals surface area contributed by atoms with E-state index in [1.165, 1.54) is 32.7 Å². The van der Waals surface area contributed by atoms with Crippen molar-refractivity contribution in [2.24, 2.45) is 0 Å². The number of aryl methyl sites for hydroxylation is 4. The third-order valence-electron chi connectivity index (χ3n) is 4.49. The molecule has 2 aromatic heterocycles. The second-order valence-electron chi connectivity index (χ2n) is 6.80. The molecule has 0 atom stereocenters. The fraction of sp³-hybridized carbons (Fsp3) is 0.182. The Bertz CT molecular complexity index is 1070. The Kier molecular flexibility index (Phi) is 4.21. The van der Waals surface area contributed by atoms with Crippen molar-refractivity contribution >= 4 is 33.1 Å². The molecule has 0 aliphatic rings. The van der Waals surface area contributed by atoms with Crippen molar-refractivity contribution in [3.8, 4) is 11.1 Å². The van der Waals surface area contributed by atoms with Crippen LogP contribution in [0.4, 0.5) is 11.5 Å². The molecule has 0 saturated carbocycles. The summed E-state index contributed by atoms with van der Waals surface area (Å²) in [6.45, 7) is 8.49. The Morgan fingerprint density at radius 2 is 1.50 bits per heavy atom. The van der Waals surface area contributed by atoms with Crippen molar-refractivity contribution in [2.45, 2.75) is 27.7 Å². The largest absolute Gasteiger partial charge is 0.340 e. The normalized spacial score (nSPS) is 11.1. The Balaban J connectivity index is 1.89. The molecule has 2 heterocycles. The third kappa shape index (κ3) is 3.08. The molecule has 0 radical (unpaired) electrons. The minimum atomic E-state index is 0.861. The lowest BCUT2D eigenvalue weighted by atomic mass is 10.0. The quantitative estimate of drug-likeness (QED) is 0.464. The first-order chi connectivity index (χ1) is 12.5. The van der Waals surface area contributed by atoms with Gasteiger partial charge in [-0.2, -0.15) is 0 Å². The van der Waals surface area contributed by atoms with Crippen LogP contribution < -0.4 is 5.32 Å². The number of fused-ring (bicyclic) bond motifs is 1. The molecule has 0 spiro atoms. The summed E-state index contributed by atoms with van der Waals surface area (Å²) in [6.07, 6.45) is 1.64. The van der Waals surface area contributed by atoms with Gasteiger partial charge < -0.3 is 5.32 Å². The first kappa shape index (κ1) is 16.7. The standard InChI is InChI=1S/C22H21N3S/c1-13-5-7-17(8-6-13)19-16(4)26-22-20(19)21(23-12-24-22)25-18-10-14(2)9-15(3)11-18/h5-12H,1-4H3,(H,23,24,25). The van der Waals surface area contributed by atoms with Gasteiger partial charge in [-0.05, 0) is 56.5 Å². The van der Waals surface area contributed by atoms with Gasteiger partial charge in [0.1, 0.15) is 17.0 Å². The van der Waals surface area contributed by atoms with E-state index in [1.807, 2.05) is 0 Å². The van der Waals surface area contributed by atoms with Gasteiger partial charge in [-0.1, -0.05) is 35.9 Å². The van der Waals surface area contributed by atoms with Crippen molar-refractivity contribution in [2.75, 3.05) is 5.32 Å². The molecule has 0 aliphatic heterocycles. The van der Waals surface area contributed by atoms with Gasteiger partial charge in [-0.15, -0.1) is 11.3 Å². The lowest BCUT2D eigenvalue weighted by Crippen LogP contribution is -1.96. The number of aromatic nitrogens is 2. The van der Waals surface area contributed by atoms with Crippen LogP contribution in [0.3, 0.4) is 0 Å². The first-order valence-electron chi connectivity index (χ1n) is 8.68. The molecule has 26 heavy (non-hydrogen) atoms. The number of nitrogens with one attached hydrogen (secondary N) is 1. The molecule has 4 rings (SSSR count). The smallest absolute Gasteiger partial charge is 0.143 e. The monoisotopic (exact) mass is 359 g/mol. The van der Waals surface area contributed by atoms with Gasteiger partial charge in [-0.3, -0.25) is 0 Å². The lowest BCUT2D eigenvalue weighted by molar-refractivity contribution is 1.23. The van der Waals surface area contributed by atoms with Crippen molar-refractivity contribution in [1.82, 2.24) is 9.97 Å². The minimum absolute atomic E-state index is 0.861. The molecular weight excluding hydrogens is 338 g/mol. The molecule has 0 saturated heterocycles. The molecular formula is C22H21N3S. The highest BCUT2D eigenvalue weighted by atomic mass is 32.1. The van der Waals surface area contributed by atoms with Crippen LogP contribution in [0, 0.1) is 27.7 Å². The number of thiophene rings is 1. The maximum Gasteiger partial charge on any atom is 0.143 e. The summed E-state index contributed by atoms with van der Waals surface area (Å²) in [4.78, 5) is 11.3. The fourth-order valence-electron chi connectivity index (χ4n) is 3.39. The molecule has 0 bridgehead atoms. The summed E-state index contributed by atoms with van der Waals surface area (Å²) < 4.78 is 0. The average Bonchev–Trinajstić information content (AvgIpc) is 2.92. The fourth-order valence-corrected chi connectivity index (χ4v) is 4.40. The molecule has 3 nitrogen and oxygen atoms in total. The zero-order chi connectivity index (χ0) is 18.3. The molecule has 0 aliphatic carbocycles. The Morgan fingerprint density at radius 1 is 0.808 bits per heavy atom. The van der Waals surface area contributed by atoms with E-state index in [0.717, 1.165) is 21.7 Å². The maximum absolute atomic E-state index is 4.56. The minimum Gasteiger partial charge on any atom is -0.340 e. The van der Waals surface area contributed by atoms with Crippen LogP contribution in [0.25, 0.3) is 21.3 Å². The van der Waals surface area contributed by atoms with Crippen LogP contribution >= 0.6 is 11.3 Å². The van der Waals surface area contributed by atoms with Crippen LogP contribution in [-0.2, 0) is 0 Å². The summed E-state index contributed by atoms with van der Waals surface area (Å²) in [5, 5.41) is 4.61. The Hall–Kier alpha value is -2.72. The van der Waals surface area contributed by atoms with Gasteiger partial charge in [0.25, 0.3) is 0 Å². The SMILES string of the molecule is Cc1ccc(-c2c(C)sc3ncnc(Nc4cc(C)cc(C)c4)c23)cc1. The average molecular weight is 359 g/mol. The summed E-state index contributed by atoms with van der Waals surface area (Å²) >= 11 is 1.72. The molecule has 0 fully saturated rings. The second-order valence-corrected chi connectivity index (χ2v) is 8.01. The van der Waals surface area contributed by atoms with Gasteiger partial charge in [0.2, 0.25) is 0 Å². The van der Waals surface area contributed by atoms with Crippen molar-refractivity contribution in [1.29, 1.82) is 0 Å². The summed E-state index contributed by atoms with van der Waals surface area (Å²) in [6, 6.07) is 15.1. The number of hydrogen-bond donors (Lipinski definition) is 1. The lowest BCUT2D eigenvalue weighted by Gasteiger charge is -2.11. The number of rotatable bonds is 3. The highest BCUT2D eigenvalue weighted by molar-refractivity contribution is 7.19. The highest BCUT2D eigenvalue weighted by Gasteiger charge is 2.17. The zero-order valence-electron chi connectivity index (χ0n) is 15.4. The van der Waals surface area contributed by atoms with E-state index < -0.39 is 0 Å². The van der Waals surface area contributed by atoms with E-state index in [9.17, 15) is 0 Å². The maximum atomic E-state index is 4.56. The number of nitrogens with zero attached hydrogens (tertiary/aromatic N) is 2. The molecule has 1 N–H and O–H groups in total. The van der Waals surface area contributed by atoms with Crippen LogP contribution in [0.15, 0.2) is 48.8 Å². The zero-order valence-corrected chi connectivity index (χ0v) is 16.2. The molecule has 4 heteroatoms. The van der Waals surface area contributed by atoms with Crippen LogP contribution in [-0.4, -0.2) is 9.97 Å². The van der Waals surface area contributed by atoms with Gasteiger partial charge in [-0.25, -0.2) is 9.97 Å². The van der Waals surface area contributed by atoms with E-state index in [4.69, 9.17) is 0 Å². The summed E-state index contributed by atoms with van der Waals surface area (Å²) in [5.41, 5.74) is 7.21. The van der Waals surface area contributed by atoms with Crippen molar-refractivity contribution < 1.29 is 0 Å². The summed E-state index contributed by atoms with van der Waals surface area (Å²) in [7, 11) is 0. The van der Waals surface area contributed by atoms with E-state index in [2.05, 4.69) is 85.4 Å². The van der Waals surface area contributed by atoms with Gasteiger partial charge in [0, 0.05) is 16.1 Å². The van der Waals surface area contributed by atoms with E-state index in [1.54, 1.807) is 17.7 Å². The topological polar surface area (TPSA) is 37.8 Å². The predicted octanol–water partition coefficient (Wildman–Crippen LogP) is 6.34. The molecule has 0 amide bonds. The summed E-state index contributed by atoms with van der Waals surface area (Å²) in [5.74, 6) is 0.861. The number of hydrogen-bond acceptors (Lipinski definition) is 4. The van der Waals surface area contributed by atoms with Gasteiger partial charge in [0.15, 0.2) is 0 Å². The van der Waals surface area contributed by atoms with Crippen LogP contribution in [0.2, 0.25) is 0 Å². The third-order valence-corrected chi connectivity index (χ3v) is 5.50. The van der Waals surface area contributed by atoms with Crippen molar-refractivity contribution in [3.05, 3.63) is 70.4 Å². The van der Waals surface area contributed by atoms with E-state index in [-0.39, 0.29) is 0 Å². The molecule has 2 aromatic carbocycles. The van der Waals surface area contributed by atoms with Crippen molar-refractivity contribution in [3.63, 3.8) is 0 Å². The predicted molar refractivity (Wildman–Crippen MR) is 112 cm³/mol. The van der Waals surface area contributed by atoms with E-state index in [0.29, 0.717) is 0 Å². The highest BCUT2D eigenvalue weighted by Crippen LogP contribution is 2.41. The Labute approximate surface area is 157 Å². The van der Waals surface area contributed by atoms with Crippen LogP contribution in [0.1, 0.15) is 21.6 Å². The number of anilines is 2. The molecule has 4 aromatic rings. The second kappa shape index (κ2) is 6.54. The Morgan fingerprint density at radius 3 is 2.19 bits per heavy atom. The first-order valence-corrected chi connectivity index (χ1v) is 9.49. The molecule has 0 unspecified atom stereocenters. The molecule has 130 valence electrons.